The molecule has 1 atom stereocenters. The van der Waals surface area contributed by atoms with Crippen LogP contribution in [0.1, 0.15) is 24.4 Å². The molecule has 2 N–H and O–H groups in total. The summed E-state index contributed by atoms with van der Waals surface area (Å²) in [6.45, 7) is 8.40. The van der Waals surface area contributed by atoms with Gasteiger partial charge in [-0.1, -0.05) is 42.5 Å². The molecule has 3 nitrogen and oxygen atoms in total. The first-order valence-corrected chi connectivity index (χ1v) is 6.49. The predicted octanol–water partition coefficient (Wildman–Crippen LogP) is 2.67. The Bertz CT molecular complexity index is 404. The number of nitrogens with zero attached hydrogens (tertiary/aromatic N) is 1. The lowest BCUT2D eigenvalue weighted by molar-refractivity contribution is -0.130. The van der Waals surface area contributed by atoms with Crippen molar-refractivity contribution >= 4 is 5.91 Å². The molecule has 0 aliphatic rings. The molecule has 0 saturated carbocycles. The minimum atomic E-state index is -0.0977. The number of amides is 1. The van der Waals surface area contributed by atoms with Crippen LogP contribution in [-0.4, -0.2) is 23.9 Å². The summed E-state index contributed by atoms with van der Waals surface area (Å²) in [5.41, 5.74) is 7.14. The van der Waals surface area contributed by atoms with Gasteiger partial charge in [0, 0.05) is 25.6 Å². The molecule has 0 fully saturated rings. The fourth-order valence-corrected chi connectivity index (χ4v) is 1.89. The van der Waals surface area contributed by atoms with Gasteiger partial charge in [0.25, 0.3) is 0 Å². The number of carbonyl (C=O) groups is 1. The van der Waals surface area contributed by atoms with Gasteiger partial charge in [-0.05, 0) is 12.0 Å². The zero-order chi connectivity index (χ0) is 14.1. The normalized spacial score (nSPS) is 11.6. The van der Waals surface area contributed by atoms with E-state index in [9.17, 15) is 4.79 Å². The standard InChI is InChI=1S/C16H22N2O/c1-3-12-18(13-4-2)16(19)11-10-15(17)14-8-6-5-7-9-14/h3-9,15H,1-2,10-13,17H2. The van der Waals surface area contributed by atoms with Crippen molar-refractivity contribution in [3.63, 3.8) is 0 Å². The summed E-state index contributed by atoms with van der Waals surface area (Å²) >= 11 is 0. The van der Waals surface area contributed by atoms with Gasteiger partial charge in [-0.15, -0.1) is 13.2 Å². The third-order valence-electron chi connectivity index (χ3n) is 2.95. The first-order valence-electron chi connectivity index (χ1n) is 6.49. The van der Waals surface area contributed by atoms with Crippen molar-refractivity contribution in [3.8, 4) is 0 Å². The van der Waals surface area contributed by atoms with Gasteiger partial charge in [0.15, 0.2) is 0 Å². The summed E-state index contributed by atoms with van der Waals surface area (Å²) in [5, 5.41) is 0. The first kappa shape index (κ1) is 15.2. The van der Waals surface area contributed by atoms with Crippen molar-refractivity contribution in [1.29, 1.82) is 0 Å². The quantitative estimate of drug-likeness (QED) is 0.729. The zero-order valence-corrected chi connectivity index (χ0v) is 11.3. The maximum atomic E-state index is 12.0. The molecule has 0 aliphatic heterocycles. The molecule has 1 amide bonds. The van der Waals surface area contributed by atoms with E-state index in [1.165, 1.54) is 0 Å². The van der Waals surface area contributed by atoms with Gasteiger partial charge in [0.1, 0.15) is 0 Å². The van der Waals surface area contributed by atoms with Crippen molar-refractivity contribution in [2.45, 2.75) is 18.9 Å². The predicted molar refractivity (Wildman–Crippen MR) is 79.6 cm³/mol. The summed E-state index contributed by atoms with van der Waals surface area (Å²) in [6, 6.07) is 9.75. The largest absolute Gasteiger partial charge is 0.335 e. The molecule has 0 aliphatic carbocycles. The fraction of sp³-hybridized carbons (Fsp3) is 0.312. The topological polar surface area (TPSA) is 46.3 Å². The van der Waals surface area contributed by atoms with E-state index in [1.807, 2.05) is 30.3 Å². The minimum absolute atomic E-state index is 0.0891. The van der Waals surface area contributed by atoms with E-state index in [-0.39, 0.29) is 11.9 Å². The Balaban J connectivity index is 2.48. The van der Waals surface area contributed by atoms with Gasteiger partial charge < -0.3 is 10.6 Å². The second kappa shape index (κ2) is 8.27. The van der Waals surface area contributed by atoms with Gasteiger partial charge in [0.05, 0.1) is 0 Å². The van der Waals surface area contributed by atoms with Crippen LogP contribution in [0.3, 0.4) is 0 Å². The van der Waals surface area contributed by atoms with Crippen molar-refractivity contribution in [3.05, 3.63) is 61.2 Å². The zero-order valence-electron chi connectivity index (χ0n) is 11.3. The molecule has 0 aromatic heterocycles. The van der Waals surface area contributed by atoms with Crippen molar-refractivity contribution < 1.29 is 4.79 Å². The van der Waals surface area contributed by atoms with E-state index in [1.54, 1.807) is 17.1 Å². The van der Waals surface area contributed by atoms with Crippen LogP contribution in [0.25, 0.3) is 0 Å². The minimum Gasteiger partial charge on any atom is -0.335 e. The molecule has 0 spiro atoms. The molecule has 3 heteroatoms. The van der Waals surface area contributed by atoms with Crippen LogP contribution < -0.4 is 5.73 Å². The molecule has 102 valence electrons. The second-order valence-electron chi connectivity index (χ2n) is 4.43. The van der Waals surface area contributed by atoms with E-state index in [0.29, 0.717) is 25.9 Å². The van der Waals surface area contributed by atoms with E-state index in [4.69, 9.17) is 5.73 Å². The smallest absolute Gasteiger partial charge is 0.223 e. The Morgan fingerprint density at radius 2 is 1.79 bits per heavy atom. The fourth-order valence-electron chi connectivity index (χ4n) is 1.89. The first-order chi connectivity index (χ1) is 9.19. The number of nitrogens with two attached hydrogens (primary N) is 1. The molecule has 1 unspecified atom stereocenters. The number of carbonyl (C=O) groups excluding carboxylic acids is 1. The average molecular weight is 258 g/mol. The summed E-state index contributed by atoms with van der Waals surface area (Å²) in [4.78, 5) is 13.8. The van der Waals surface area contributed by atoms with Crippen molar-refractivity contribution in [1.82, 2.24) is 4.90 Å². The van der Waals surface area contributed by atoms with Crippen LogP contribution in [0.2, 0.25) is 0 Å². The highest BCUT2D eigenvalue weighted by Crippen LogP contribution is 2.15. The summed E-state index contributed by atoms with van der Waals surface area (Å²) in [6.07, 6.45) is 4.53. The van der Waals surface area contributed by atoms with E-state index in [0.717, 1.165) is 5.56 Å². The molecule has 1 aromatic rings. The monoisotopic (exact) mass is 258 g/mol. The Kier molecular flexibility index (Phi) is 6.61. The van der Waals surface area contributed by atoms with Crippen LogP contribution in [-0.2, 0) is 4.79 Å². The van der Waals surface area contributed by atoms with Gasteiger partial charge in [-0.2, -0.15) is 0 Å². The van der Waals surface area contributed by atoms with Gasteiger partial charge in [0.2, 0.25) is 5.91 Å². The highest BCUT2D eigenvalue weighted by Gasteiger charge is 2.13. The molecule has 1 aromatic carbocycles. The van der Waals surface area contributed by atoms with Gasteiger partial charge in [-0.25, -0.2) is 0 Å². The van der Waals surface area contributed by atoms with Crippen LogP contribution in [0, 0.1) is 0 Å². The lowest BCUT2D eigenvalue weighted by atomic mass is 10.0. The molecule has 1 rings (SSSR count). The van der Waals surface area contributed by atoms with E-state index in [2.05, 4.69) is 13.2 Å². The van der Waals surface area contributed by atoms with E-state index < -0.39 is 0 Å². The van der Waals surface area contributed by atoms with Crippen LogP contribution in [0.4, 0.5) is 0 Å². The highest BCUT2D eigenvalue weighted by atomic mass is 16.2. The maximum Gasteiger partial charge on any atom is 0.223 e. The molecule has 0 bridgehead atoms. The molecule has 19 heavy (non-hydrogen) atoms. The number of benzene rings is 1. The second-order valence-corrected chi connectivity index (χ2v) is 4.43. The number of hydrogen-bond donors (Lipinski definition) is 1. The van der Waals surface area contributed by atoms with Crippen LogP contribution in [0.5, 0.6) is 0 Å². The summed E-state index contributed by atoms with van der Waals surface area (Å²) < 4.78 is 0. The third kappa shape index (κ3) is 5.10. The molecule has 0 saturated heterocycles. The molecular weight excluding hydrogens is 236 g/mol. The maximum absolute atomic E-state index is 12.0. The highest BCUT2D eigenvalue weighted by molar-refractivity contribution is 5.76. The van der Waals surface area contributed by atoms with Crippen LogP contribution in [0.15, 0.2) is 55.6 Å². The molecule has 0 heterocycles. The number of rotatable bonds is 8. The van der Waals surface area contributed by atoms with Gasteiger partial charge in [-0.3, -0.25) is 4.79 Å². The Hall–Kier alpha value is -1.87. The summed E-state index contributed by atoms with van der Waals surface area (Å²) in [5.74, 6) is 0.0891. The SMILES string of the molecule is C=CCN(CC=C)C(=O)CCC(N)c1ccccc1. The Morgan fingerprint density at radius 1 is 1.21 bits per heavy atom. The molecular formula is C16H22N2O. The Labute approximate surface area is 115 Å². The van der Waals surface area contributed by atoms with Crippen molar-refractivity contribution in [2.75, 3.05) is 13.1 Å². The third-order valence-corrected chi connectivity index (χ3v) is 2.95. The van der Waals surface area contributed by atoms with Crippen molar-refractivity contribution in [2.24, 2.45) is 5.73 Å². The summed E-state index contributed by atoms with van der Waals surface area (Å²) in [7, 11) is 0. The average Bonchev–Trinajstić information content (AvgIpc) is 2.45. The Morgan fingerprint density at radius 3 is 2.32 bits per heavy atom. The number of hydrogen-bond acceptors (Lipinski definition) is 2. The van der Waals surface area contributed by atoms with E-state index >= 15 is 0 Å². The van der Waals surface area contributed by atoms with Gasteiger partial charge >= 0.3 is 0 Å². The lowest BCUT2D eigenvalue weighted by Crippen LogP contribution is -2.31. The van der Waals surface area contributed by atoms with Crippen LogP contribution >= 0.6 is 0 Å². The molecule has 0 radical (unpaired) electrons. The lowest BCUT2D eigenvalue weighted by Gasteiger charge is -2.20.